The van der Waals surface area contributed by atoms with E-state index in [0.29, 0.717) is 31.1 Å². The van der Waals surface area contributed by atoms with Crippen molar-refractivity contribution in [3.05, 3.63) is 29.8 Å². The number of nitrogens with two attached hydrogens (primary N) is 1. The van der Waals surface area contributed by atoms with Crippen molar-refractivity contribution in [1.82, 2.24) is 15.5 Å². The Balaban J connectivity index is 1.51. The normalized spacial score (nSPS) is 19.1. The topological polar surface area (TPSA) is 124 Å². The molecule has 1 saturated carbocycles. The number of anilines is 1. The van der Waals surface area contributed by atoms with Crippen molar-refractivity contribution < 1.29 is 18.7 Å². The molecule has 2 unspecified atom stereocenters. The first-order valence-corrected chi connectivity index (χ1v) is 13.2. The van der Waals surface area contributed by atoms with Crippen LogP contribution in [0, 0.1) is 5.92 Å². The molecule has 0 saturated heterocycles. The molecule has 0 radical (unpaired) electrons. The Hall–Kier alpha value is -1.73. The zero-order valence-electron chi connectivity index (χ0n) is 18.5. The van der Waals surface area contributed by atoms with Gasteiger partial charge in [-0.3, -0.25) is 4.57 Å². The maximum absolute atomic E-state index is 13.3. The van der Waals surface area contributed by atoms with E-state index in [9.17, 15) is 9.67 Å². The highest BCUT2D eigenvalue weighted by atomic mass is 31.2. The van der Waals surface area contributed by atoms with Crippen LogP contribution in [0.2, 0.25) is 0 Å². The van der Waals surface area contributed by atoms with Gasteiger partial charge in [0, 0.05) is 24.3 Å². The van der Waals surface area contributed by atoms with Gasteiger partial charge in [0.15, 0.2) is 0 Å². The predicted molar refractivity (Wildman–Crippen MR) is 122 cm³/mol. The molecule has 2 aromatic rings. The summed E-state index contributed by atoms with van der Waals surface area (Å²) in [6.07, 6.45) is 5.99. The van der Waals surface area contributed by atoms with Crippen molar-refractivity contribution in [3.8, 4) is 11.5 Å². The molecule has 0 aliphatic heterocycles. The number of aromatic nitrogens is 2. The third kappa shape index (κ3) is 7.14. The molecule has 0 amide bonds. The molecule has 1 aromatic carbocycles. The molecule has 1 aromatic heterocycles. The van der Waals surface area contributed by atoms with Crippen molar-refractivity contribution in [2.75, 3.05) is 31.2 Å². The quantitative estimate of drug-likeness (QED) is 0.435. The number of nitrogen functional groups attached to an aromatic ring is 1. The van der Waals surface area contributed by atoms with Crippen LogP contribution in [0.5, 0.6) is 0 Å². The van der Waals surface area contributed by atoms with Gasteiger partial charge in [0.2, 0.25) is 7.37 Å². The van der Waals surface area contributed by atoms with Gasteiger partial charge in [0.1, 0.15) is 0 Å². The molecule has 1 heterocycles. The Kier molecular flexibility index (Phi) is 8.67. The Bertz CT molecular complexity index is 851. The average Bonchev–Trinajstić information content (AvgIpc) is 3.19. The standard InChI is InChI=1S/C22H35N4O4P/c1-3-29-31(28,14-17-7-5-4-6-8-17)15-20(27)13-24-16(2)18-9-11-19(12-10-18)21-25-22(23)26-30-21/h9-12,16-17,20,24,27H,3-8,13-15H2,1-2H3,(H2,23,26)/t16?,20-,31?/m0/s1. The van der Waals surface area contributed by atoms with Crippen molar-refractivity contribution in [1.29, 1.82) is 0 Å². The SMILES string of the molecule is CCOP(=O)(CC1CCCCC1)C[C@@H](O)CNC(C)c1ccc(-c2nc(N)no2)cc1. The van der Waals surface area contributed by atoms with E-state index in [1.165, 1.54) is 19.3 Å². The van der Waals surface area contributed by atoms with Gasteiger partial charge in [0.05, 0.1) is 18.9 Å². The van der Waals surface area contributed by atoms with Crippen LogP contribution in [0.15, 0.2) is 28.8 Å². The highest BCUT2D eigenvalue weighted by Crippen LogP contribution is 2.51. The van der Waals surface area contributed by atoms with Gasteiger partial charge in [0.25, 0.3) is 11.8 Å². The van der Waals surface area contributed by atoms with Crippen LogP contribution in [-0.2, 0) is 9.09 Å². The van der Waals surface area contributed by atoms with Crippen molar-refractivity contribution in [2.45, 2.75) is 58.1 Å². The van der Waals surface area contributed by atoms with Gasteiger partial charge in [-0.2, -0.15) is 4.98 Å². The lowest BCUT2D eigenvalue weighted by Crippen LogP contribution is -2.32. The lowest BCUT2D eigenvalue weighted by atomic mass is 9.91. The van der Waals surface area contributed by atoms with E-state index in [0.717, 1.165) is 24.0 Å². The maximum Gasteiger partial charge on any atom is 0.261 e. The molecule has 4 N–H and O–H groups in total. The second-order valence-electron chi connectivity index (χ2n) is 8.46. The fourth-order valence-corrected chi connectivity index (χ4v) is 7.01. The molecule has 8 nitrogen and oxygen atoms in total. The first-order chi connectivity index (χ1) is 14.9. The lowest BCUT2D eigenvalue weighted by Gasteiger charge is -2.28. The minimum Gasteiger partial charge on any atom is -0.391 e. The molecule has 1 aliphatic carbocycles. The number of nitrogens with zero attached hydrogens (tertiary/aromatic N) is 2. The van der Waals surface area contributed by atoms with Crippen LogP contribution in [0.3, 0.4) is 0 Å². The van der Waals surface area contributed by atoms with Gasteiger partial charge in [-0.05, 0) is 55.5 Å². The van der Waals surface area contributed by atoms with Gasteiger partial charge >= 0.3 is 0 Å². The Labute approximate surface area is 184 Å². The zero-order chi connectivity index (χ0) is 22.3. The fraction of sp³-hybridized carbons (Fsp3) is 0.636. The maximum atomic E-state index is 13.3. The molecular weight excluding hydrogens is 415 g/mol. The van der Waals surface area contributed by atoms with Crippen molar-refractivity contribution in [3.63, 3.8) is 0 Å². The molecule has 31 heavy (non-hydrogen) atoms. The van der Waals surface area contributed by atoms with Crippen LogP contribution >= 0.6 is 7.37 Å². The first-order valence-electron chi connectivity index (χ1n) is 11.2. The Morgan fingerprint density at radius 1 is 1.29 bits per heavy atom. The summed E-state index contributed by atoms with van der Waals surface area (Å²) in [7, 11) is -2.84. The molecule has 9 heteroatoms. The van der Waals surface area contributed by atoms with Crippen LogP contribution in [-0.4, -0.2) is 46.8 Å². The number of hydrogen-bond acceptors (Lipinski definition) is 8. The van der Waals surface area contributed by atoms with Gasteiger partial charge in [-0.15, -0.1) is 0 Å². The van der Waals surface area contributed by atoms with Crippen LogP contribution in [0.4, 0.5) is 5.95 Å². The van der Waals surface area contributed by atoms with Crippen LogP contribution in [0.1, 0.15) is 57.6 Å². The molecule has 0 bridgehead atoms. The molecule has 3 atom stereocenters. The molecular formula is C22H35N4O4P. The smallest absolute Gasteiger partial charge is 0.261 e. The monoisotopic (exact) mass is 450 g/mol. The summed E-state index contributed by atoms with van der Waals surface area (Å²) in [5.41, 5.74) is 7.34. The summed E-state index contributed by atoms with van der Waals surface area (Å²) >= 11 is 0. The summed E-state index contributed by atoms with van der Waals surface area (Å²) in [5.74, 6) is 0.943. The largest absolute Gasteiger partial charge is 0.391 e. The second kappa shape index (κ2) is 11.2. The number of aliphatic hydroxyl groups excluding tert-OH is 1. The number of benzene rings is 1. The van der Waals surface area contributed by atoms with E-state index in [1.807, 2.05) is 38.1 Å². The van der Waals surface area contributed by atoms with Gasteiger partial charge in [-0.25, -0.2) is 0 Å². The lowest BCUT2D eigenvalue weighted by molar-refractivity contribution is 0.182. The zero-order valence-corrected chi connectivity index (χ0v) is 19.4. The van der Waals surface area contributed by atoms with E-state index in [2.05, 4.69) is 15.5 Å². The molecule has 1 aliphatic rings. The van der Waals surface area contributed by atoms with Crippen molar-refractivity contribution in [2.24, 2.45) is 5.92 Å². The van der Waals surface area contributed by atoms with Crippen LogP contribution in [0.25, 0.3) is 11.5 Å². The number of hydrogen-bond donors (Lipinski definition) is 3. The third-order valence-corrected chi connectivity index (χ3v) is 8.65. The average molecular weight is 451 g/mol. The Morgan fingerprint density at radius 3 is 2.61 bits per heavy atom. The summed E-state index contributed by atoms with van der Waals surface area (Å²) in [6, 6.07) is 7.73. The first kappa shape index (κ1) is 23.9. The molecule has 172 valence electrons. The van der Waals surface area contributed by atoms with Gasteiger partial charge < -0.3 is 25.2 Å². The predicted octanol–water partition coefficient (Wildman–Crippen LogP) is 4.23. The van der Waals surface area contributed by atoms with E-state index in [4.69, 9.17) is 14.8 Å². The number of rotatable bonds is 11. The van der Waals surface area contributed by atoms with E-state index in [-0.39, 0.29) is 18.2 Å². The second-order valence-corrected chi connectivity index (χ2v) is 11.1. The number of nitrogens with one attached hydrogen (secondary N) is 1. The summed E-state index contributed by atoms with van der Waals surface area (Å²) in [5, 5.41) is 17.5. The van der Waals surface area contributed by atoms with E-state index >= 15 is 0 Å². The Morgan fingerprint density at radius 2 is 2.00 bits per heavy atom. The molecule has 3 rings (SSSR count). The summed E-state index contributed by atoms with van der Waals surface area (Å²) in [6.45, 7) is 4.66. The summed E-state index contributed by atoms with van der Waals surface area (Å²) < 4.78 is 24.1. The molecule has 1 fully saturated rings. The minimum absolute atomic E-state index is 0.0151. The third-order valence-electron chi connectivity index (χ3n) is 5.87. The van der Waals surface area contributed by atoms with Gasteiger partial charge in [-0.1, -0.05) is 31.4 Å². The fourth-order valence-electron chi connectivity index (χ4n) is 4.26. The van der Waals surface area contributed by atoms with Crippen LogP contribution < -0.4 is 11.1 Å². The minimum atomic E-state index is -2.84. The highest BCUT2D eigenvalue weighted by Gasteiger charge is 2.31. The highest BCUT2D eigenvalue weighted by molar-refractivity contribution is 7.59. The van der Waals surface area contributed by atoms with Crippen molar-refractivity contribution >= 4 is 13.3 Å². The number of aliphatic hydroxyl groups is 1. The molecule has 0 spiro atoms. The summed E-state index contributed by atoms with van der Waals surface area (Å²) in [4.78, 5) is 4.02. The van der Waals surface area contributed by atoms with E-state index < -0.39 is 13.5 Å². The van der Waals surface area contributed by atoms with E-state index in [1.54, 1.807) is 0 Å².